The second-order valence-corrected chi connectivity index (χ2v) is 12.5. The number of aryl methyl sites for hydroxylation is 1. The lowest BCUT2D eigenvalue weighted by Gasteiger charge is -2.32. The van der Waals surface area contributed by atoms with Crippen LogP contribution in [0, 0.1) is 11.6 Å². The highest BCUT2D eigenvalue weighted by Crippen LogP contribution is 2.39. The summed E-state index contributed by atoms with van der Waals surface area (Å²) in [7, 11) is 1.41. The summed E-state index contributed by atoms with van der Waals surface area (Å²) >= 11 is 0. The first-order valence-corrected chi connectivity index (χ1v) is 15.9. The van der Waals surface area contributed by atoms with Crippen LogP contribution in [-0.4, -0.2) is 46.1 Å². The van der Waals surface area contributed by atoms with Crippen LogP contribution in [0.4, 0.5) is 22.0 Å². The maximum absolute atomic E-state index is 15.8. The number of hydrogen-bond donors (Lipinski definition) is 4. The molecule has 5 rings (SSSR count). The van der Waals surface area contributed by atoms with Crippen molar-refractivity contribution in [1.29, 1.82) is 0 Å². The molecule has 9 nitrogen and oxygen atoms in total. The number of nitrogens with zero attached hydrogens (tertiary/aromatic N) is 3. The van der Waals surface area contributed by atoms with Gasteiger partial charge in [-0.25, -0.2) is 13.6 Å². The maximum Gasteiger partial charge on any atom is 0.419 e. The van der Waals surface area contributed by atoms with Crippen molar-refractivity contribution in [3.8, 4) is 22.7 Å². The van der Waals surface area contributed by atoms with E-state index in [0.717, 1.165) is 29.9 Å². The van der Waals surface area contributed by atoms with E-state index in [2.05, 4.69) is 20.3 Å². The Hall–Kier alpha value is -4.30. The highest BCUT2D eigenvalue weighted by atomic mass is 19.4. The SMILES string of the molecule is COc1cc(-n2cc3cc(-c4cc(CCC[C@H](C)N)cc(C(F)(F)F)c4F)[nH]c3nc2=O)cc(F)c1[C@@H]1CCC[C@@H](CCN=C(C)N)N1. The quantitative estimate of drug-likeness (QED) is 0.0838. The molecule has 3 heterocycles. The van der Waals surface area contributed by atoms with Gasteiger partial charge in [-0.2, -0.15) is 18.2 Å². The molecule has 1 aliphatic heterocycles. The minimum absolute atomic E-state index is 0.0102. The van der Waals surface area contributed by atoms with Crippen LogP contribution in [-0.2, 0) is 12.6 Å². The van der Waals surface area contributed by atoms with Crippen molar-refractivity contribution in [2.45, 2.75) is 83.1 Å². The van der Waals surface area contributed by atoms with Crippen molar-refractivity contribution in [1.82, 2.24) is 19.9 Å². The van der Waals surface area contributed by atoms with Crippen LogP contribution in [0.2, 0.25) is 0 Å². The third-order valence-electron chi connectivity index (χ3n) is 8.60. The third-order valence-corrected chi connectivity index (χ3v) is 8.60. The molecular weight excluding hydrogens is 633 g/mol. The van der Waals surface area contributed by atoms with Gasteiger partial charge in [0.05, 0.1) is 29.9 Å². The van der Waals surface area contributed by atoms with Gasteiger partial charge in [-0.1, -0.05) is 6.42 Å². The smallest absolute Gasteiger partial charge is 0.419 e. The molecule has 48 heavy (non-hydrogen) atoms. The highest BCUT2D eigenvalue weighted by Gasteiger charge is 2.36. The summed E-state index contributed by atoms with van der Waals surface area (Å²) in [6.07, 6.45) is 1.04. The molecule has 2 aromatic heterocycles. The van der Waals surface area contributed by atoms with Crippen LogP contribution in [0.5, 0.6) is 5.75 Å². The number of amidine groups is 1. The monoisotopic (exact) mass is 673 g/mol. The van der Waals surface area contributed by atoms with E-state index in [9.17, 15) is 18.0 Å². The Kier molecular flexibility index (Phi) is 10.5. The number of halogens is 5. The number of H-pyrrole nitrogens is 1. The molecule has 4 aromatic rings. The van der Waals surface area contributed by atoms with Crippen molar-refractivity contribution < 1.29 is 26.7 Å². The Morgan fingerprint density at radius 3 is 2.65 bits per heavy atom. The minimum Gasteiger partial charge on any atom is -0.496 e. The lowest BCUT2D eigenvalue weighted by Crippen LogP contribution is -2.38. The number of fused-ring (bicyclic) bond motifs is 1. The Balaban J connectivity index is 1.49. The zero-order chi connectivity index (χ0) is 34.7. The van der Waals surface area contributed by atoms with Crippen LogP contribution >= 0.6 is 0 Å². The number of alkyl halides is 3. The molecule has 1 saturated heterocycles. The lowest BCUT2D eigenvalue weighted by atomic mass is 9.91. The van der Waals surface area contributed by atoms with Crippen LogP contribution in [0.3, 0.4) is 0 Å². The fourth-order valence-corrected chi connectivity index (χ4v) is 6.28. The standard InChI is InChI=1S/C34H40F5N7O2/c1-18(40)6-4-7-20-12-24(31(36)25(13-20)34(37,38)39)28-14-21-17-46(33(47)45-32(21)44-28)23-15-26(35)30(29(16-23)48-3)27-9-5-8-22(43-27)10-11-42-19(2)41/h12-18,22,27,43H,4-11,40H2,1-3H3,(H2,41,42)(H,44,45,47)/t18-,22-,27-/m0/s1. The predicted molar refractivity (Wildman–Crippen MR) is 175 cm³/mol. The number of piperidine rings is 1. The molecule has 0 unspecified atom stereocenters. The number of ether oxygens (including phenoxy) is 1. The van der Waals surface area contributed by atoms with Gasteiger partial charge in [0.2, 0.25) is 0 Å². The summed E-state index contributed by atoms with van der Waals surface area (Å²) in [5.41, 5.74) is 9.78. The summed E-state index contributed by atoms with van der Waals surface area (Å²) in [6.45, 7) is 4.08. The molecular formula is C34H40F5N7O2. The second kappa shape index (κ2) is 14.4. The van der Waals surface area contributed by atoms with E-state index in [1.54, 1.807) is 13.8 Å². The molecule has 0 radical (unpaired) electrons. The van der Waals surface area contributed by atoms with Crippen molar-refractivity contribution in [3.05, 3.63) is 75.3 Å². The van der Waals surface area contributed by atoms with Gasteiger partial charge >= 0.3 is 11.9 Å². The van der Waals surface area contributed by atoms with Gasteiger partial charge < -0.3 is 26.5 Å². The number of aliphatic imine (C=N–C) groups is 1. The van der Waals surface area contributed by atoms with Gasteiger partial charge in [-0.05, 0) is 82.2 Å². The first-order chi connectivity index (χ1) is 22.7. The molecule has 0 aliphatic carbocycles. The normalized spacial score (nSPS) is 18.0. The maximum atomic E-state index is 15.8. The molecule has 1 fully saturated rings. The fraction of sp³-hybridized carbons (Fsp3) is 0.441. The molecule has 3 atom stereocenters. The van der Waals surface area contributed by atoms with Gasteiger partial charge in [0, 0.05) is 53.4 Å². The van der Waals surface area contributed by atoms with Gasteiger partial charge in [-0.15, -0.1) is 0 Å². The largest absolute Gasteiger partial charge is 0.496 e. The molecule has 0 spiro atoms. The zero-order valence-electron chi connectivity index (χ0n) is 27.1. The number of methoxy groups -OCH3 is 1. The van der Waals surface area contributed by atoms with Gasteiger partial charge in [0.25, 0.3) is 0 Å². The molecule has 2 aromatic carbocycles. The van der Waals surface area contributed by atoms with Gasteiger partial charge in [-0.3, -0.25) is 9.56 Å². The van der Waals surface area contributed by atoms with Crippen LogP contribution in [0.1, 0.15) is 75.1 Å². The van der Waals surface area contributed by atoms with E-state index in [-0.39, 0.29) is 52.9 Å². The molecule has 1 aliphatic rings. The fourth-order valence-electron chi connectivity index (χ4n) is 6.28. The first kappa shape index (κ1) is 35.0. The minimum atomic E-state index is -4.92. The molecule has 258 valence electrons. The summed E-state index contributed by atoms with van der Waals surface area (Å²) < 4.78 is 79.4. The molecule has 6 N–H and O–H groups in total. The summed E-state index contributed by atoms with van der Waals surface area (Å²) in [5.74, 6) is -1.28. The Bertz CT molecular complexity index is 1860. The number of aromatic nitrogens is 3. The van der Waals surface area contributed by atoms with E-state index in [0.29, 0.717) is 48.2 Å². The third kappa shape index (κ3) is 7.87. The summed E-state index contributed by atoms with van der Waals surface area (Å²) in [6, 6.07) is 5.99. The van der Waals surface area contributed by atoms with E-state index >= 15 is 8.78 Å². The number of benzene rings is 2. The summed E-state index contributed by atoms with van der Waals surface area (Å²) in [4.78, 5) is 24.2. The first-order valence-electron chi connectivity index (χ1n) is 15.9. The van der Waals surface area contributed by atoms with Crippen molar-refractivity contribution in [2.24, 2.45) is 16.5 Å². The Morgan fingerprint density at radius 2 is 1.96 bits per heavy atom. The van der Waals surface area contributed by atoms with E-state index in [4.69, 9.17) is 16.2 Å². The highest BCUT2D eigenvalue weighted by molar-refractivity contribution is 5.83. The van der Waals surface area contributed by atoms with Crippen LogP contribution < -0.4 is 27.2 Å². The van der Waals surface area contributed by atoms with Crippen molar-refractivity contribution in [2.75, 3.05) is 13.7 Å². The van der Waals surface area contributed by atoms with Crippen molar-refractivity contribution in [3.63, 3.8) is 0 Å². The van der Waals surface area contributed by atoms with Crippen LogP contribution in [0.25, 0.3) is 28.0 Å². The lowest BCUT2D eigenvalue weighted by molar-refractivity contribution is -0.140. The Labute approximate surface area is 274 Å². The average molecular weight is 674 g/mol. The average Bonchev–Trinajstić information content (AvgIpc) is 3.42. The molecule has 0 saturated carbocycles. The number of aromatic amines is 1. The Morgan fingerprint density at radius 1 is 1.19 bits per heavy atom. The van der Waals surface area contributed by atoms with E-state index in [1.165, 1.54) is 37.6 Å². The van der Waals surface area contributed by atoms with Crippen LogP contribution in [0.15, 0.2) is 46.3 Å². The summed E-state index contributed by atoms with van der Waals surface area (Å²) in [5, 5.41) is 3.79. The van der Waals surface area contributed by atoms with E-state index < -0.39 is 29.1 Å². The number of hydrogen-bond acceptors (Lipinski definition) is 6. The number of nitrogens with two attached hydrogens (primary N) is 2. The zero-order valence-corrected chi connectivity index (χ0v) is 27.1. The topological polar surface area (TPSA) is 136 Å². The van der Waals surface area contributed by atoms with Gasteiger partial charge in [0.1, 0.15) is 23.0 Å². The number of nitrogens with one attached hydrogen (secondary N) is 2. The molecule has 0 amide bonds. The number of rotatable bonds is 11. The predicted octanol–water partition coefficient (Wildman–Crippen LogP) is 6.31. The second-order valence-electron chi connectivity index (χ2n) is 12.5. The molecule has 0 bridgehead atoms. The van der Waals surface area contributed by atoms with E-state index in [1.807, 2.05) is 0 Å². The van der Waals surface area contributed by atoms with Crippen molar-refractivity contribution >= 4 is 16.9 Å². The van der Waals surface area contributed by atoms with Gasteiger partial charge in [0.15, 0.2) is 0 Å². The molecule has 14 heteroatoms.